The Kier molecular flexibility index (Phi) is 3.23. The Balaban J connectivity index is 2.26. The van der Waals surface area contributed by atoms with E-state index < -0.39 is 0 Å². The first kappa shape index (κ1) is 11.8. The highest BCUT2D eigenvalue weighted by Crippen LogP contribution is 2.17. The second kappa shape index (κ2) is 4.67. The number of nitrogens with two attached hydrogens (primary N) is 1. The van der Waals surface area contributed by atoms with E-state index in [-0.39, 0.29) is 18.0 Å². The number of aromatic nitrogens is 2. The predicted octanol–water partition coefficient (Wildman–Crippen LogP) is 0.374. The van der Waals surface area contributed by atoms with Crippen molar-refractivity contribution in [2.24, 2.45) is 5.73 Å². The summed E-state index contributed by atoms with van der Waals surface area (Å²) in [5, 5.41) is 7.38. The van der Waals surface area contributed by atoms with E-state index in [0.717, 1.165) is 6.54 Å². The molecule has 1 aliphatic rings. The van der Waals surface area contributed by atoms with Crippen molar-refractivity contribution in [2.75, 3.05) is 18.1 Å². The van der Waals surface area contributed by atoms with Crippen molar-refractivity contribution in [3.05, 3.63) is 18.0 Å². The van der Waals surface area contributed by atoms with Gasteiger partial charge in [-0.1, -0.05) is 0 Å². The molecule has 6 nitrogen and oxygen atoms in total. The molecule has 1 aliphatic heterocycles. The maximum Gasteiger partial charge on any atom is 0.226 e. The molecule has 0 amide bonds. The van der Waals surface area contributed by atoms with Crippen LogP contribution in [0.15, 0.2) is 12.3 Å². The minimum absolute atomic E-state index is 0.0392. The summed E-state index contributed by atoms with van der Waals surface area (Å²) in [6, 6.07) is 1.87. The molecule has 0 bridgehead atoms. The molecule has 1 fully saturated rings. The molecule has 3 N–H and O–H groups in total. The van der Waals surface area contributed by atoms with E-state index in [1.165, 1.54) is 0 Å². The van der Waals surface area contributed by atoms with Gasteiger partial charge >= 0.3 is 0 Å². The molecule has 92 valence electrons. The van der Waals surface area contributed by atoms with Gasteiger partial charge in [0.05, 0.1) is 18.8 Å². The van der Waals surface area contributed by atoms with Crippen LogP contribution in [-0.4, -0.2) is 41.1 Å². The van der Waals surface area contributed by atoms with E-state index in [9.17, 15) is 0 Å². The largest absolute Gasteiger partial charge is 0.382 e. The molecule has 1 saturated heterocycles. The normalized spacial score (nSPS) is 24.7. The second-order valence-electron chi connectivity index (χ2n) is 4.30. The summed E-state index contributed by atoms with van der Waals surface area (Å²) in [6.45, 7) is 5.50. The summed E-state index contributed by atoms with van der Waals surface area (Å²) in [4.78, 5) is 10.6. The first-order chi connectivity index (χ1) is 8.08. The van der Waals surface area contributed by atoms with Crippen LogP contribution in [0.25, 0.3) is 0 Å². The van der Waals surface area contributed by atoms with Crippen LogP contribution in [0, 0.1) is 5.41 Å². The molecule has 0 aromatic carbocycles. The highest BCUT2D eigenvalue weighted by molar-refractivity contribution is 5.93. The van der Waals surface area contributed by atoms with Gasteiger partial charge in [0.2, 0.25) is 5.95 Å². The van der Waals surface area contributed by atoms with Crippen LogP contribution >= 0.6 is 0 Å². The summed E-state index contributed by atoms with van der Waals surface area (Å²) in [5.74, 6) is 0.572. The molecule has 6 heteroatoms. The minimum atomic E-state index is -0.0392. The lowest BCUT2D eigenvalue weighted by Gasteiger charge is -2.36. The van der Waals surface area contributed by atoms with Crippen LogP contribution < -0.4 is 10.6 Å². The first-order valence-corrected chi connectivity index (χ1v) is 5.63. The molecule has 2 unspecified atom stereocenters. The molecule has 0 aliphatic carbocycles. The van der Waals surface area contributed by atoms with E-state index in [1.807, 2.05) is 6.92 Å². The van der Waals surface area contributed by atoms with Crippen molar-refractivity contribution in [1.29, 1.82) is 5.41 Å². The molecular weight excluding hydrogens is 218 g/mol. The molecule has 1 aromatic heterocycles. The molecular formula is C11H17N5O. The van der Waals surface area contributed by atoms with Crippen molar-refractivity contribution in [2.45, 2.75) is 26.0 Å². The third kappa shape index (κ3) is 2.52. The van der Waals surface area contributed by atoms with E-state index in [2.05, 4.69) is 21.8 Å². The number of amidine groups is 1. The highest BCUT2D eigenvalue weighted by Gasteiger charge is 2.25. The van der Waals surface area contributed by atoms with Crippen molar-refractivity contribution in [3.63, 3.8) is 0 Å². The van der Waals surface area contributed by atoms with Gasteiger partial charge in [0.25, 0.3) is 0 Å². The fourth-order valence-corrected chi connectivity index (χ4v) is 1.82. The molecule has 0 spiro atoms. The Labute approximate surface area is 100 Å². The molecule has 1 aromatic rings. The standard InChI is InChI=1S/C11H17N5O/c1-7-6-17-8(2)5-16(7)11-14-4-3-9(15-11)10(12)13/h3-4,7-8H,5-6H2,1-2H3,(H3,12,13). The van der Waals surface area contributed by atoms with Crippen LogP contribution in [0.4, 0.5) is 5.95 Å². The predicted molar refractivity (Wildman–Crippen MR) is 65.3 cm³/mol. The van der Waals surface area contributed by atoms with Gasteiger partial charge in [-0.2, -0.15) is 0 Å². The Hall–Kier alpha value is -1.69. The number of ether oxygens (including phenoxy) is 1. The van der Waals surface area contributed by atoms with E-state index in [1.54, 1.807) is 12.3 Å². The summed E-state index contributed by atoms with van der Waals surface area (Å²) in [7, 11) is 0. The molecule has 2 heterocycles. The van der Waals surface area contributed by atoms with E-state index in [4.69, 9.17) is 15.9 Å². The number of rotatable bonds is 2. The summed E-state index contributed by atoms with van der Waals surface area (Å²) < 4.78 is 5.56. The number of morpholine rings is 1. The lowest BCUT2D eigenvalue weighted by Crippen LogP contribution is -2.48. The Morgan fingerprint density at radius 2 is 2.35 bits per heavy atom. The van der Waals surface area contributed by atoms with E-state index in [0.29, 0.717) is 18.2 Å². The zero-order valence-corrected chi connectivity index (χ0v) is 10.1. The lowest BCUT2D eigenvalue weighted by molar-refractivity contribution is 0.0337. The van der Waals surface area contributed by atoms with Gasteiger partial charge in [-0.15, -0.1) is 0 Å². The second-order valence-corrected chi connectivity index (χ2v) is 4.30. The number of hydrogen-bond donors (Lipinski definition) is 2. The average Bonchev–Trinajstić information content (AvgIpc) is 2.32. The molecule has 2 atom stereocenters. The van der Waals surface area contributed by atoms with Crippen LogP contribution in [0.1, 0.15) is 19.5 Å². The van der Waals surface area contributed by atoms with Crippen molar-refractivity contribution in [1.82, 2.24) is 9.97 Å². The minimum Gasteiger partial charge on any atom is -0.382 e. The monoisotopic (exact) mass is 235 g/mol. The summed E-state index contributed by atoms with van der Waals surface area (Å²) in [5.41, 5.74) is 5.88. The SMILES string of the molecule is CC1CN(c2nccc(C(=N)N)n2)C(C)CO1. The Bertz CT molecular complexity index is 422. The van der Waals surface area contributed by atoms with Crippen LogP contribution in [0.3, 0.4) is 0 Å². The van der Waals surface area contributed by atoms with Gasteiger partial charge in [0.15, 0.2) is 0 Å². The molecule has 0 saturated carbocycles. The topological polar surface area (TPSA) is 88.1 Å². The van der Waals surface area contributed by atoms with Gasteiger partial charge in [-0.05, 0) is 19.9 Å². The van der Waals surface area contributed by atoms with Gasteiger partial charge in [-0.3, -0.25) is 5.41 Å². The maximum atomic E-state index is 7.38. The van der Waals surface area contributed by atoms with Crippen molar-refractivity contribution in [3.8, 4) is 0 Å². The number of nitrogen functional groups attached to an aromatic ring is 1. The smallest absolute Gasteiger partial charge is 0.226 e. The Morgan fingerprint density at radius 3 is 3.06 bits per heavy atom. The van der Waals surface area contributed by atoms with E-state index >= 15 is 0 Å². The quantitative estimate of drug-likeness (QED) is 0.571. The number of anilines is 1. The Morgan fingerprint density at radius 1 is 1.59 bits per heavy atom. The maximum absolute atomic E-state index is 7.38. The number of hydrogen-bond acceptors (Lipinski definition) is 5. The van der Waals surface area contributed by atoms with Crippen molar-refractivity contribution >= 4 is 11.8 Å². The zero-order valence-electron chi connectivity index (χ0n) is 10.1. The summed E-state index contributed by atoms with van der Waals surface area (Å²) >= 11 is 0. The molecule has 2 rings (SSSR count). The fraction of sp³-hybridized carbons (Fsp3) is 0.545. The first-order valence-electron chi connectivity index (χ1n) is 5.63. The number of nitrogens with one attached hydrogen (secondary N) is 1. The van der Waals surface area contributed by atoms with Crippen LogP contribution in [0.5, 0.6) is 0 Å². The van der Waals surface area contributed by atoms with Crippen LogP contribution in [0.2, 0.25) is 0 Å². The van der Waals surface area contributed by atoms with Gasteiger partial charge in [0, 0.05) is 12.7 Å². The third-order valence-corrected chi connectivity index (χ3v) is 2.78. The fourth-order valence-electron chi connectivity index (χ4n) is 1.82. The molecule has 0 radical (unpaired) electrons. The van der Waals surface area contributed by atoms with Gasteiger partial charge in [-0.25, -0.2) is 9.97 Å². The third-order valence-electron chi connectivity index (χ3n) is 2.78. The van der Waals surface area contributed by atoms with Gasteiger partial charge < -0.3 is 15.4 Å². The van der Waals surface area contributed by atoms with Crippen molar-refractivity contribution < 1.29 is 4.74 Å². The highest BCUT2D eigenvalue weighted by atomic mass is 16.5. The van der Waals surface area contributed by atoms with Gasteiger partial charge in [0.1, 0.15) is 11.5 Å². The average molecular weight is 235 g/mol. The van der Waals surface area contributed by atoms with Crippen LogP contribution in [-0.2, 0) is 4.74 Å². The number of nitrogens with zero attached hydrogens (tertiary/aromatic N) is 3. The molecule has 17 heavy (non-hydrogen) atoms. The lowest BCUT2D eigenvalue weighted by atomic mass is 10.2. The zero-order chi connectivity index (χ0) is 12.4. The summed E-state index contributed by atoms with van der Waals surface area (Å²) in [6.07, 6.45) is 1.79.